The van der Waals surface area contributed by atoms with Gasteiger partial charge >= 0.3 is 0 Å². The summed E-state index contributed by atoms with van der Waals surface area (Å²) in [6.07, 6.45) is 1.09. The molecule has 4 nitrogen and oxygen atoms in total. The molecule has 0 unspecified atom stereocenters. The Labute approximate surface area is 242 Å². The molecular weight excluding hydrogens is 566 g/mol. The van der Waals surface area contributed by atoms with Crippen molar-refractivity contribution in [2.75, 3.05) is 5.75 Å². The van der Waals surface area contributed by atoms with E-state index in [-0.39, 0.29) is 35.9 Å². The van der Waals surface area contributed by atoms with E-state index in [1.54, 1.807) is 35.2 Å². The number of nitrogens with zero attached hydrogens (tertiary/aromatic N) is 1. The fraction of sp³-hybridized carbons (Fsp3) is 0.310. The first-order valence-electron chi connectivity index (χ1n) is 12.3. The molecule has 38 heavy (non-hydrogen) atoms. The van der Waals surface area contributed by atoms with Crippen molar-refractivity contribution in [1.82, 2.24) is 10.2 Å². The topological polar surface area (TPSA) is 49.4 Å². The average Bonchev–Trinajstić information content (AvgIpc) is 2.90. The number of nitrogens with one attached hydrogen (secondary N) is 1. The first-order chi connectivity index (χ1) is 18.2. The van der Waals surface area contributed by atoms with Crippen molar-refractivity contribution in [3.63, 3.8) is 0 Å². The van der Waals surface area contributed by atoms with Gasteiger partial charge in [0.25, 0.3) is 0 Å². The van der Waals surface area contributed by atoms with E-state index in [9.17, 15) is 14.0 Å². The van der Waals surface area contributed by atoms with Gasteiger partial charge in [0.2, 0.25) is 11.8 Å². The minimum absolute atomic E-state index is 0.0356. The number of hydrogen-bond acceptors (Lipinski definition) is 3. The van der Waals surface area contributed by atoms with Crippen LogP contribution in [-0.4, -0.2) is 34.6 Å². The summed E-state index contributed by atoms with van der Waals surface area (Å²) < 4.78 is 14.3. The molecule has 0 fully saturated rings. The monoisotopic (exact) mass is 594 g/mol. The Balaban J connectivity index is 1.90. The highest BCUT2D eigenvalue weighted by atomic mass is 35.5. The van der Waals surface area contributed by atoms with Gasteiger partial charge in [0, 0.05) is 35.3 Å². The maximum absolute atomic E-state index is 14.3. The number of benzene rings is 3. The number of carbonyl (C=O) groups excluding carboxylic acids is 2. The molecule has 0 spiro atoms. The zero-order valence-electron chi connectivity index (χ0n) is 21.2. The summed E-state index contributed by atoms with van der Waals surface area (Å²) >= 11 is 19.8. The fourth-order valence-corrected chi connectivity index (χ4v) is 5.39. The van der Waals surface area contributed by atoms with Crippen LogP contribution < -0.4 is 5.32 Å². The van der Waals surface area contributed by atoms with Crippen molar-refractivity contribution >= 4 is 58.4 Å². The van der Waals surface area contributed by atoms with E-state index in [4.69, 9.17) is 34.8 Å². The molecular formula is C29H30Cl3FN2O2S. The molecule has 202 valence electrons. The first-order valence-corrected chi connectivity index (χ1v) is 14.6. The number of rotatable bonds is 12. The van der Waals surface area contributed by atoms with Crippen molar-refractivity contribution in [2.45, 2.75) is 51.1 Å². The lowest BCUT2D eigenvalue weighted by Gasteiger charge is -2.32. The fourth-order valence-electron chi connectivity index (χ4n) is 3.82. The van der Waals surface area contributed by atoms with E-state index in [2.05, 4.69) is 5.32 Å². The Kier molecular flexibility index (Phi) is 11.8. The molecule has 3 aromatic carbocycles. The van der Waals surface area contributed by atoms with Crippen LogP contribution in [0.3, 0.4) is 0 Å². The van der Waals surface area contributed by atoms with Crippen LogP contribution in [0.15, 0.2) is 66.7 Å². The van der Waals surface area contributed by atoms with Crippen LogP contribution in [-0.2, 0) is 28.3 Å². The molecule has 1 N–H and O–H groups in total. The summed E-state index contributed by atoms with van der Waals surface area (Å²) in [5.74, 6) is -0.652. The summed E-state index contributed by atoms with van der Waals surface area (Å²) in [5, 5.41) is 4.12. The van der Waals surface area contributed by atoms with Gasteiger partial charge < -0.3 is 10.2 Å². The predicted octanol–water partition coefficient (Wildman–Crippen LogP) is 7.57. The van der Waals surface area contributed by atoms with E-state index in [1.807, 2.05) is 44.2 Å². The van der Waals surface area contributed by atoms with Gasteiger partial charge in [-0.05, 0) is 48.7 Å². The minimum atomic E-state index is -0.772. The summed E-state index contributed by atoms with van der Waals surface area (Å²) in [5.41, 5.74) is 2.01. The quantitative estimate of drug-likeness (QED) is 0.235. The van der Waals surface area contributed by atoms with Gasteiger partial charge in [-0.2, -0.15) is 0 Å². The first kappa shape index (κ1) is 30.3. The highest BCUT2D eigenvalue weighted by Gasteiger charge is 2.31. The van der Waals surface area contributed by atoms with Crippen LogP contribution in [0.1, 0.15) is 37.0 Å². The van der Waals surface area contributed by atoms with Gasteiger partial charge in [-0.3, -0.25) is 9.59 Å². The SMILES string of the molecule is CC[C@@H](C)NC(=O)[C@@H](Cc1ccccc1)N(Cc1ccc(Cl)c(Cl)c1)C(=O)CSCc1c(F)cccc1Cl. The van der Waals surface area contributed by atoms with Gasteiger partial charge in [0.05, 0.1) is 15.8 Å². The van der Waals surface area contributed by atoms with Crippen LogP contribution in [0.5, 0.6) is 0 Å². The van der Waals surface area contributed by atoms with Crippen molar-refractivity contribution in [3.8, 4) is 0 Å². The molecule has 0 aliphatic rings. The maximum Gasteiger partial charge on any atom is 0.243 e. The van der Waals surface area contributed by atoms with E-state index in [0.717, 1.165) is 17.5 Å². The Morgan fingerprint density at radius 1 is 0.947 bits per heavy atom. The van der Waals surface area contributed by atoms with Gasteiger partial charge in [-0.15, -0.1) is 11.8 Å². The van der Waals surface area contributed by atoms with E-state index >= 15 is 0 Å². The van der Waals surface area contributed by atoms with Gasteiger partial charge in [-0.25, -0.2) is 4.39 Å². The van der Waals surface area contributed by atoms with Gasteiger partial charge in [0.15, 0.2) is 0 Å². The van der Waals surface area contributed by atoms with Crippen LogP contribution >= 0.6 is 46.6 Å². The van der Waals surface area contributed by atoms with Crippen LogP contribution in [0.25, 0.3) is 0 Å². The molecule has 2 amide bonds. The highest BCUT2D eigenvalue weighted by molar-refractivity contribution is 7.99. The highest BCUT2D eigenvalue weighted by Crippen LogP contribution is 2.26. The molecule has 0 saturated carbocycles. The molecule has 3 rings (SSSR count). The normalized spacial score (nSPS) is 12.6. The van der Waals surface area contributed by atoms with Crippen LogP contribution in [0, 0.1) is 5.82 Å². The second kappa shape index (κ2) is 14.8. The standard InChI is InChI=1S/C29H30Cl3FN2O2S/c1-3-19(2)34-29(37)27(15-20-8-5-4-6-9-20)35(16-21-12-13-24(31)25(32)14-21)28(36)18-38-17-22-23(30)10-7-11-26(22)33/h4-14,19,27H,3,15-18H2,1-2H3,(H,34,37)/t19-,27-/m1/s1. The molecule has 0 aliphatic carbocycles. The van der Waals surface area contributed by atoms with Crippen molar-refractivity contribution in [2.24, 2.45) is 0 Å². The van der Waals surface area contributed by atoms with Gasteiger partial charge in [-0.1, -0.05) is 84.2 Å². The number of thioether (sulfide) groups is 1. The molecule has 0 saturated heterocycles. The second-order valence-electron chi connectivity index (χ2n) is 8.99. The molecule has 3 aromatic rings. The maximum atomic E-state index is 14.3. The summed E-state index contributed by atoms with van der Waals surface area (Å²) in [7, 11) is 0. The lowest BCUT2D eigenvalue weighted by atomic mass is 10.0. The van der Waals surface area contributed by atoms with E-state index in [0.29, 0.717) is 27.1 Å². The number of halogens is 4. The average molecular weight is 596 g/mol. The lowest BCUT2D eigenvalue weighted by Crippen LogP contribution is -2.52. The van der Waals surface area contributed by atoms with Crippen LogP contribution in [0.4, 0.5) is 4.39 Å². The van der Waals surface area contributed by atoms with E-state index < -0.39 is 11.9 Å². The molecule has 2 atom stereocenters. The third kappa shape index (κ3) is 8.63. The second-order valence-corrected chi connectivity index (χ2v) is 11.2. The zero-order chi connectivity index (χ0) is 27.7. The van der Waals surface area contributed by atoms with E-state index in [1.165, 1.54) is 17.8 Å². The number of amides is 2. The Morgan fingerprint density at radius 2 is 1.68 bits per heavy atom. The smallest absolute Gasteiger partial charge is 0.243 e. The van der Waals surface area contributed by atoms with Crippen molar-refractivity contribution < 1.29 is 14.0 Å². The molecule has 0 aromatic heterocycles. The van der Waals surface area contributed by atoms with Crippen molar-refractivity contribution in [1.29, 1.82) is 0 Å². The molecule has 0 heterocycles. The summed E-state index contributed by atoms with van der Waals surface area (Å²) in [6, 6.07) is 18.4. The number of hydrogen-bond donors (Lipinski definition) is 1. The largest absolute Gasteiger partial charge is 0.352 e. The lowest BCUT2D eigenvalue weighted by molar-refractivity contribution is -0.139. The molecule has 0 radical (unpaired) electrons. The summed E-state index contributed by atoms with van der Waals surface area (Å²) in [4.78, 5) is 28.8. The Bertz CT molecular complexity index is 1230. The minimum Gasteiger partial charge on any atom is -0.352 e. The Morgan fingerprint density at radius 3 is 2.34 bits per heavy atom. The molecule has 0 bridgehead atoms. The number of carbonyl (C=O) groups is 2. The van der Waals surface area contributed by atoms with Crippen LogP contribution in [0.2, 0.25) is 15.1 Å². The third-order valence-corrected chi connectivity index (χ3v) is 8.18. The predicted molar refractivity (Wildman–Crippen MR) is 156 cm³/mol. The third-order valence-electron chi connectivity index (χ3n) is 6.14. The Hall–Kier alpha value is -2.25. The summed E-state index contributed by atoms with van der Waals surface area (Å²) in [6.45, 7) is 4.07. The van der Waals surface area contributed by atoms with Gasteiger partial charge in [0.1, 0.15) is 11.9 Å². The molecule has 9 heteroatoms. The van der Waals surface area contributed by atoms with Crippen molar-refractivity contribution in [3.05, 3.63) is 104 Å². The molecule has 0 aliphatic heterocycles. The zero-order valence-corrected chi connectivity index (χ0v) is 24.3.